The molecule has 1 aliphatic rings. The minimum absolute atomic E-state index is 0.271. The lowest BCUT2D eigenvalue weighted by Gasteiger charge is -2.33. The van der Waals surface area contributed by atoms with Gasteiger partial charge in [0.2, 0.25) is 0 Å². The summed E-state index contributed by atoms with van der Waals surface area (Å²) in [5.74, 6) is 1.68. The average molecular weight is 539 g/mol. The Labute approximate surface area is 224 Å². The van der Waals surface area contributed by atoms with Gasteiger partial charge in [0.15, 0.2) is 11.5 Å². The Bertz CT molecular complexity index is 1540. The molecule has 0 bridgehead atoms. The molecular formula is C25H28Cl2N10. The molecule has 12 heteroatoms. The number of nitrogens with zero attached hydrogens (tertiary/aromatic N) is 8. The number of hydrogen-bond donors (Lipinski definition) is 2. The third kappa shape index (κ3) is 4.60. The predicted octanol–water partition coefficient (Wildman–Crippen LogP) is 4.72. The van der Waals surface area contributed by atoms with E-state index in [0.717, 1.165) is 71.4 Å². The second-order valence-corrected chi connectivity index (χ2v) is 10.5. The molecule has 0 unspecified atom stereocenters. The van der Waals surface area contributed by atoms with Gasteiger partial charge in [0.05, 0.1) is 51.4 Å². The number of aromatic amines is 1. The van der Waals surface area contributed by atoms with Crippen LogP contribution in [-0.4, -0.2) is 72.5 Å². The number of nitrogens with one attached hydrogen (secondary N) is 2. The largest absolute Gasteiger partial charge is 0.375 e. The van der Waals surface area contributed by atoms with Gasteiger partial charge in [-0.1, -0.05) is 23.2 Å². The van der Waals surface area contributed by atoms with Crippen LogP contribution in [0.3, 0.4) is 0 Å². The first kappa shape index (κ1) is 24.0. The van der Waals surface area contributed by atoms with Crippen molar-refractivity contribution < 1.29 is 0 Å². The van der Waals surface area contributed by atoms with Crippen LogP contribution >= 0.6 is 23.2 Å². The van der Waals surface area contributed by atoms with Crippen molar-refractivity contribution in [2.75, 3.05) is 43.4 Å². The van der Waals surface area contributed by atoms with E-state index in [9.17, 15) is 0 Å². The van der Waals surface area contributed by atoms with E-state index >= 15 is 0 Å². The summed E-state index contributed by atoms with van der Waals surface area (Å²) in [5.41, 5.74) is 5.11. The molecule has 192 valence electrons. The summed E-state index contributed by atoms with van der Waals surface area (Å²) in [6.45, 7) is 8.49. The molecule has 5 aromatic rings. The number of aromatic nitrogens is 7. The second-order valence-electron chi connectivity index (χ2n) is 9.71. The number of halogens is 2. The van der Waals surface area contributed by atoms with Gasteiger partial charge in [0, 0.05) is 50.0 Å². The normalized spacial score (nSPS) is 14.9. The second kappa shape index (κ2) is 9.51. The van der Waals surface area contributed by atoms with Crippen molar-refractivity contribution >= 4 is 51.4 Å². The maximum Gasteiger partial charge on any atom is 0.177 e. The molecule has 2 N–H and O–H groups in total. The number of anilines is 2. The van der Waals surface area contributed by atoms with E-state index in [0.29, 0.717) is 16.6 Å². The number of likely N-dealkylation sites (N-methyl/N-ethyl adjacent to an activating group) is 1. The van der Waals surface area contributed by atoms with E-state index in [1.54, 1.807) is 12.1 Å². The summed E-state index contributed by atoms with van der Waals surface area (Å²) in [5, 5.41) is 14.0. The number of H-pyrrole nitrogens is 1. The molecule has 1 aromatic carbocycles. The maximum absolute atomic E-state index is 6.18. The van der Waals surface area contributed by atoms with Crippen molar-refractivity contribution in [3.8, 4) is 11.3 Å². The Kier molecular flexibility index (Phi) is 6.18. The third-order valence-corrected chi connectivity index (χ3v) is 7.45. The van der Waals surface area contributed by atoms with Crippen molar-refractivity contribution in [3.05, 3.63) is 52.7 Å². The highest BCUT2D eigenvalue weighted by Crippen LogP contribution is 2.29. The molecule has 10 nitrogen and oxygen atoms in total. The van der Waals surface area contributed by atoms with Gasteiger partial charge in [-0.3, -0.25) is 4.68 Å². The zero-order valence-corrected chi connectivity index (χ0v) is 22.4. The highest BCUT2D eigenvalue weighted by Gasteiger charge is 2.20. The van der Waals surface area contributed by atoms with Crippen LogP contribution in [0.4, 0.5) is 11.5 Å². The van der Waals surface area contributed by atoms with Crippen molar-refractivity contribution in [1.29, 1.82) is 0 Å². The Morgan fingerprint density at radius 2 is 1.84 bits per heavy atom. The molecule has 5 heterocycles. The van der Waals surface area contributed by atoms with E-state index in [4.69, 9.17) is 33.3 Å². The molecular weight excluding hydrogens is 511 g/mol. The van der Waals surface area contributed by atoms with Crippen LogP contribution in [0, 0.1) is 0 Å². The van der Waals surface area contributed by atoms with Crippen molar-refractivity contribution in [3.63, 3.8) is 0 Å². The number of imidazole rings is 2. The number of rotatable bonds is 6. The lowest BCUT2D eigenvalue weighted by molar-refractivity contribution is 0.311. The lowest BCUT2D eigenvalue weighted by atomic mass is 10.3. The smallest absolute Gasteiger partial charge is 0.177 e. The highest BCUT2D eigenvalue weighted by molar-refractivity contribution is 6.42. The molecule has 1 saturated heterocycles. The zero-order valence-electron chi connectivity index (χ0n) is 20.9. The first-order valence-corrected chi connectivity index (χ1v) is 13.1. The average Bonchev–Trinajstić information content (AvgIpc) is 3.61. The fraction of sp³-hybridized carbons (Fsp3) is 0.360. The minimum atomic E-state index is 0.271. The number of piperazine rings is 1. The summed E-state index contributed by atoms with van der Waals surface area (Å²) in [4.78, 5) is 17.4. The van der Waals surface area contributed by atoms with E-state index < -0.39 is 0 Å². The van der Waals surface area contributed by atoms with Crippen molar-refractivity contribution in [2.45, 2.75) is 26.4 Å². The summed E-state index contributed by atoms with van der Waals surface area (Å²) in [6.07, 6.45) is 5.76. The first-order chi connectivity index (χ1) is 17.9. The van der Waals surface area contributed by atoms with Gasteiger partial charge in [-0.25, -0.2) is 14.5 Å². The van der Waals surface area contributed by atoms with Crippen LogP contribution in [0.2, 0.25) is 10.0 Å². The van der Waals surface area contributed by atoms with Crippen LogP contribution in [0.5, 0.6) is 0 Å². The standard InChI is InChI=1S/C25H28Cl2N10/c1-15(2)36-14-16(11-30-36)22-12-29-25-21(10-24(33-37(22)25)35-6-4-34(3)5-7-35)28-13-23-31-19-8-17(26)18(27)9-20(19)32-23/h8-12,14-15,28H,4-7,13H2,1-3H3,(H,31,32). The number of benzene rings is 1. The Balaban J connectivity index is 1.37. The predicted molar refractivity (Wildman–Crippen MR) is 148 cm³/mol. The molecule has 0 aliphatic carbocycles. The minimum Gasteiger partial charge on any atom is -0.375 e. The molecule has 6 rings (SSSR count). The van der Waals surface area contributed by atoms with Gasteiger partial charge in [-0.05, 0) is 33.0 Å². The first-order valence-electron chi connectivity index (χ1n) is 12.3. The van der Waals surface area contributed by atoms with Crippen LogP contribution in [0.25, 0.3) is 27.9 Å². The molecule has 0 radical (unpaired) electrons. The van der Waals surface area contributed by atoms with Crippen LogP contribution in [0.15, 0.2) is 36.8 Å². The van der Waals surface area contributed by atoms with Gasteiger partial charge in [-0.15, -0.1) is 5.10 Å². The maximum atomic E-state index is 6.18. The topological polar surface area (TPSA) is 95.2 Å². The van der Waals surface area contributed by atoms with Crippen LogP contribution in [-0.2, 0) is 6.54 Å². The van der Waals surface area contributed by atoms with E-state index in [1.165, 1.54) is 0 Å². The van der Waals surface area contributed by atoms with E-state index in [1.807, 2.05) is 27.8 Å². The summed E-state index contributed by atoms with van der Waals surface area (Å²) in [7, 11) is 2.15. The van der Waals surface area contributed by atoms with Crippen LogP contribution < -0.4 is 10.2 Å². The SMILES string of the molecule is CC(C)n1cc(-c2cnc3c(NCc4nc5cc(Cl)c(Cl)cc5[nH]4)cc(N4CCN(C)CC4)nn23)cn1. The fourth-order valence-electron chi connectivity index (χ4n) is 4.55. The molecule has 0 saturated carbocycles. The molecule has 1 fully saturated rings. The quantitative estimate of drug-likeness (QED) is 0.323. The zero-order chi connectivity index (χ0) is 25.7. The molecule has 37 heavy (non-hydrogen) atoms. The summed E-state index contributed by atoms with van der Waals surface area (Å²) < 4.78 is 3.86. The number of hydrogen-bond acceptors (Lipinski definition) is 7. The Morgan fingerprint density at radius 3 is 2.59 bits per heavy atom. The summed E-state index contributed by atoms with van der Waals surface area (Å²) in [6, 6.07) is 5.91. The van der Waals surface area contributed by atoms with Gasteiger partial charge >= 0.3 is 0 Å². The third-order valence-electron chi connectivity index (χ3n) is 6.73. The van der Waals surface area contributed by atoms with Crippen molar-refractivity contribution in [2.24, 2.45) is 0 Å². The van der Waals surface area contributed by atoms with Gasteiger partial charge in [0.25, 0.3) is 0 Å². The van der Waals surface area contributed by atoms with E-state index in [-0.39, 0.29) is 6.04 Å². The molecule has 0 atom stereocenters. The monoisotopic (exact) mass is 538 g/mol. The van der Waals surface area contributed by atoms with Gasteiger partial charge in [0.1, 0.15) is 5.82 Å². The van der Waals surface area contributed by atoms with Gasteiger partial charge in [-0.2, -0.15) is 5.10 Å². The molecule has 4 aromatic heterocycles. The highest BCUT2D eigenvalue weighted by atomic mass is 35.5. The number of fused-ring (bicyclic) bond motifs is 2. The molecule has 0 amide bonds. The lowest BCUT2D eigenvalue weighted by Crippen LogP contribution is -2.45. The molecule has 1 aliphatic heterocycles. The van der Waals surface area contributed by atoms with Crippen LogP contribution in [0.1, 0.15) is 25.7 Å². The fourth-order valence-corrected chi connectivity index (χ4v) is 4.87. The van der Waals surface area contributed by atoms with Crippen molar-refractivity contribution in [1.82, 2.24) is 39.2 Å². The Morgan fingerprint density at radius 1 is 1.05 bits per heavy atom. The summed E-state index contributed by atoms with van der Waals surface area (Å²) >= 11 is 12.4. The Hall–Kier alpha value is -3.34. The van der Waals surface area contributed by atoms with Gasteiger partial charge < -0.3 is 20.1 Å². The van der Waals surface area contributed by atoms with E-state index in [2.05, 4.69) is 57.1 Å². The molecule has 0 spiro atoms.